The second kappa shape index (κ2) is 7.70. The normalized spacial score (nSPS) is 11.0. The second-order valence-corrected chi connectivity index (χ2v) is 7.18. The van der Waals surface area contributed by atoms with Crippen molar-refractivity contribution in [2.75, 3.05) is 6.61 Å². The summed E-state index contributed by atoms with van der Waals surface area (Å²) in [6.45, 7) is 5.17. The summed E-state index contributed by atoms with van der Waals surface area (Å²) in [4.78, 5) is 16.9. The SMILES string of the molecule is CC(C)COc1cccc(C(=O)NCc2cn3cc(Br)ccc3n2)c1. The van der Waals surface area contributed by atoms with Gasteiger partial charge in [0.2, 0.25) is 0 Å². The molecule has 2 heterocycles. The van der Waals surface area contributed by atoms with Crippen LogP contribution in [0.4, 0.5) is 0 Å². The van der Waals surface area contributed by atoms with Crippen LogP contribution in [0.5, 0.6) is 5.75 Å². The third-order valence-electron chi connectivity index (χ3n) is 3.57. The molecule has 0 bridgehead atoms. The number of nitrogens with zero attached hydrogens (tertiary/aromatic N) is 2. The largest absolute Gasteiger partial charge is 0.493 e. The van der Waals surface area contributed by atoms with Gasteiger partial charge in [0.05, 0.1) is 18.8 Å². The lowest BCUT2D eigenvalue weighted by molar-refractivity contribution is 0.0950. The van der Waals surface area contributed by atoms with Crippen molar-refractivity contribution in [2.45, 2.75) is 20.4 Å². The van der Waals surface area contributed by atoms with E-state index in [-0.39, 0.29) is 5.91 Å². The number of aromatic nitrogens is 2. The number of halogens is 1. The molecule has 0 atom stereocenters. The number of carbonyl (C=O) groups is 1. The van der Waals surface area contributed by atoms with E-state index in [0.29, 0.717) is 30.4 Å². The molecule has 5 nitrogen and oxygen atoms in total. The lowest BCUT2D eigenvalue weighted by Gasteiger charge is -2.10. The molecule has 0 aliphatic carbocycles. The van der Waals surface area contributed by atoms with Gasteiger partial charge in [0.1, 0.15) is 11.4 Å². The molecule has 1 aromatic carbocycles. The van der Waals surface area contributed by atoms with Crippen LogP contribution in [0.2, 0.25) is 0 Å². The fourth-order valence-electron chi connectivity index (χ4n) is 2.37. The minimum absolute atomic E-state index is 0.145. The zero-order chi connectivity index (χ0) is 17.8. The number of imidazole rings is 1. The van der Waals surface area contributed by atoms with Crippen LogP contribution in [0.15, 0.2) is 53.3 Å². The molecule has 0 aliphatic heterocycles. The van der Waals surface area contributed by atoms with Crippen LogP contribution >= 0.6 is 15.9 Å². The Balaban J connectivity index is 1.64. The number of carbonyl (C=O) groups excluding carboxylic acids is 1. The summed E-state index contributed by atoms with van der Waals surface area (Å²) in [6, 6.07) is 11.1. The summed E-state index contributed by atoms with van der Waals surface area (Å²) in [6.07, 6.45) is 3.84. The number of fused-ring (bicyclic) bond motifs is 1. The monoisotopic (exact) mass is 401 g/mol. The van der Waals surface area contributed by atoms with E-state index in [0.717, 1.165) is 15.8 Å². The molecule has 130 valence electrons. The number of benzene rings is 1. The number of rotatable bonds is 6. The maximum Gasteiger partial charge on any atom is 0.251 e. The van der Waals surface area contributed by atoms with Crippen molar-refractivity contribution in [3.05, 3.63) is 64.5 Å². The van der Waals surface area contributed by atoms with E-state index in [1.807, 2.05) is 41.1 Å². The molecule has 1 N–H and O–H groups in total. The average Bonchev–Trinajstić information content (AvgIpc) is 3.00. The molecule has 0 fully saturated rings. The Morgan fingerprint density at radius 1 is 1.28 bits per heavy atom. The van der Waals surface area contributed by atoms with Crippen LogP contribution in [0.1, 0.15) is 29.9 Å². The van der Waals surface area contributed by atoms with Crippen molar-refractivity contribution in [3.8, 4) is 5.75 Å². The van der Waals surface area contributed by atoms with E-state index in [4.69, 9.17) is 4.74 Å². The Hall–Kier alpha value is -2.34. The lowest BCUT2D eigenvalue weighted by Crippen LogP contribution is -2.23. The Morgan fingerprint density at radius 3 is 2.92 bits per heavy atom. The van der Waals surface area contributed by atoms with Gasteiger partial charge in [-0.3, -0.25) is 4.79 Å². The quantitative estimate of drug-likeness (QED) is 0.677. The summed E-state index contributed by atoms with van der Waals surface area (Å²) in [7, 11) is 0. The van der Waals surface area contributed by atoms with E-state index in [2.05, 4.69) is 40.1 Å². The second-order valence-electron chi connectivity index (χ2n) is 6.26. The van der Waals surface area contributed by atoms with Gasteiger partial charge in [-0.2, -0.15) is 0 Å². The highest BCUT2D eigenvalue weighted by molar-refractivity contribution is 9.10. The zero-order valence-corrected chi connectivity index (χ0v) is 15.8. The van der Waals surface area contributed by atoms with Crippen molar-refractivity contribution >= 4 is 27.5 Å². The summed E-state index contributed by atoms with van der Waals surface area (Å²) < 4.78 is 8.57. The maximum absolute atomic E-state index is 12.4. The van der Waals surface area contributed by atoms with Crippen molar-refractivity contribution in [2.24, 2.45) is 5.92 Å². The fourth-order valence-corrected chi connectivity index (χ4v) is 2.72. The number of ether oxygens (including phenoxy) is 1. The molecule has 6 heteroatoms. The summed E-state index contributed by atoms with van der Waals surface area (Å²) in [5, 5.41) is 2.90. The van der Waals surface area contributed by atoms with Crippen LogP contribution < -0.4 is 10.1 Å². The standard InChI is InChI=1S/C19H20BrN3O2/c1-13(2)12-25-17-5-3-4-14(8-17)19(24)21-9-16-11-23-10-15(20)6-7-18(23)22-16/h3-8,10-11,13H,9,12H2,1-2H3,(H,21,24). The molecular formula is C19H20BrN3O2. The predicted octanol–water partition coefficient (Wildman–Crippen LogP) is 4.06. The van der Waals surface area contributed by atoms with Gasteiger partial charge in [0.25, 0.3) is 5.91 Å². The maximum atomic E-state index is 12.4. The first kappa shape index (κ1) is 17.5. The number of nitrogens with one attached hydrogen (secondary N) is 1. The van der Waals surface area contributed by atoms with Gasteiger partial charge in [0.15, 0.2) is 0 Å². The minimum atomic E-state index is -0.145. The van der Waals surface area contributed by atoms with Gasteiger partial charge in [-0.25, -0.2) is 4.98 Å². The molecule has 0 unspecified atom stereocenters. The van der Waals surface area contributed by atoms with Gasteiger partial charge in [0, 0.05) is 22.4 Å². The highest BCUT2D eigenvalue weighted by Crippen LogP contribution is 2.15. The Bertz CT molecular complexity index is 889. The van der Waals surface area contributed by atoms with Gasteiger partial charge >= 0.3 is 0 Å². The molecule has 0 aliphatic rings. The summed E-state index contributed by atoms with van der Waals surface area (Å²) in [5.41, 5.74) is 2.22. The van der Waals surface area contributed by atoms with Crippen LogP contribution in [-0.4, -0.2) is 21.9 Å². The number of pyridine rings is 1. The van der Waals surface area contributed by atoms with Crippen LogP contribution in [0.25, 0.3) is 5.65 Å². The Morgan fingerprint density at radius 2 is 2.12 bits per heavy atom. The van der Waals surface area contributed by atoms with E-state index in [1.54, 1.807) is 12.1 Å². The van der Waals surface area contributed by atoms with Crippen molar-refractivity contribution in [1.82, 2.24) is 14.7 Å². The number of hydrogen-bond donors (Lipinski definition) is 1. The molecule has 0 spiro atoms. The van der Waals surface area contributed by atoms with Crippen molar-refractivity contribution in [1.29, 1.82) is 0 Å². The minimum Gasteiger partial charge on any atom is -0.493 e. The highest BCUT2D eigenvalue weighted by Gasteiger charge is 2.09. The summed E-state index contributed by atoms with van der Waals surface area (Å²) >= 11 is 3.43. The van der Waals surface area contributed by atoms with E-state index >= 15 is 0 Å². The Kier molecular flexibility index (Phi) is 5.38. The van der Waals surface area contributed by atoms with E-state index in [9.17, 15) is 4.79 Å². The zero-order valence-electron chi connectivity index (χ0n) is 14.2. The Labute approximate surface area is 155 Å². The average molecular weight is 402 g/mol. The van der Waals surface area contributed by atoms with Crippen LogP contribution in [0, 0.1) is 5.92 Å². The van der Waals surface area contributed by atoms with E-state index < -0.39 is 0 Å². The van der Waals surface area contributed by atoms with Gasteiger partial charge < -0.3 is 14.5 Å². The molecule has 0 saturated heterocycles. The van der Waals surface area contributed by atoms with E-state index in [1.165, 1.54) is 0 Å². The smallest absolute Gasteiger partial charge is 0.251 e. The predicted molar refractivity (Wildman–Crippen MR) is 101 cm³/mol. The van der Waals surface area contributed by atoms with Gasteiger partial charge in [-0.05, 0) is 52.2 Å². The van der Waals surface area contributed by atoms with Crippen LogP contribution in [0.3, 0.4) is 0 Å². The molecule has 25 heavy (non-hydrogen) atoms. The summed E-state index contributed by atoms with van der Waals surface area (Å²) in [5.74, 6) is 1.000. The fraction of sp³-hybridized carbons (Fsp3) is 0.263. The first-order valence-electron chi connectivity index (χ1n) is 8.15. The molecule has 3 rings (SSSR count). The third kappa shape index (κ3) is 4.60. The van der Waals surface area contributed by atoms with Crippen LogP contribution in [-0.2, 0) is 6.54 Å². The first-order valence-corrected chi connectivity index (χ1v) is 8.95. The topological polar surface area (TPSA) is 55.6 Å². The molecule has 0 saturated carbocycles. The molecule has 3 aromatic rings. The first-order chi connectivity index (χ1) is 12.0. The number of amides is 1. The molecule has 0 radical (unpaired) electrons. The molecular weight excluding hydrogens is 382 g/mol. The van der Waals surface area contributed by atoms with Crippen molar-refractivity contribution < 1.29 is 9.53 Å². The third-order valence-corrected chi connectivity index (χ3v) is 4.04. The molecule has 2 aromatic heterocycles. The van der Waals surface area contributed by atoms with Gasteiger partial charge in [-0.15, -0.1) is 0 Å². The number of hydrogen-bond acceptors (Lipinski definition) is 3. The molecule has 1 amide bonds. The highest BCUT2D eigenvalue weighted by atomic mass is 79.9. The lowest BCUT2D eigenvalue weighted by atomic mass is 10.2. The van der Waals surface area contributed by atoms with Crippen molar-refractivity contribution in [3.63, 3.8) is 0 Å². The van der Waals surface area contributed by atoms with Gasteiger partial charge in [-0.1, -0.05) is 19.9 Å².